The summed E-state index contributed by atoms with van der Waals surface area (Å²) in [6, 6.07) is 8.86. The summed E-state index contributed by atoms with van der Waals surface area (Å²) < 4.78 is 0. The molecule has 0 amide bonds. The van der Waals surface area contributed by atoms with Crippen LogP contribution in [0.1, 0.15) is 37.8 Å². The number of benzene rings is 1. The van der Waals surface area contributed by atoms with E-state index in [2.05, 4.69) is 30.0 Å². The second-order valence-corrected chi connectivity index (χ2v) is 4.66. The molecule has 82 valence electrons. The molecule has 1 nitrogen and oxygen atoms in total. The number of hydrogen-bond acceptors (Lipinski definition) is 1. The zero-order valence-electron chi connectivity index (χ0n) is 9.25. The van der Waals surface area contributed by atoms with Crippen LogP contribution in [0.3, 0.4) is 0 Å². The second kappa shape index (κ2) is 5.00. The van der Waals surface area contributed by atoms with Crippen LogP contribution in [0.15, 0.2) is 24.3 Å². The highest BCUT2D eigenvalue weighted by atomic mass is 35.5. The van der Waals surface area contributed by atoms with Gasteiger partial charge in [-0.3, -0.25) is 4.90 Å². The minimum atomic E-state index is 0.561. The minimum Gasteiger partial charge on any atom is -0.296 e. The van der Waals surface area contributed by atoms with Gasteiger partial charge in [0.15, 0.2) is 0 Å². The van der Waals surface area contributed by atoms with Crippen molar-refractivity contribution in [1.82, 2.24) is 4.90 Å². The topological polar surface area (TPSA) is 3.24 Å². The van der Waals surface area contributed by atoms with Gasteiger partial charge in [-0.2, -0.15) is 0 Å². The summed E-state index contributed by atoms with van der Waals surface area (Å²) in [4.78, 5) is 2.58. The third-order valence-electron chi connectivity index (χ3n) is 3.20. The van der Waals surface area contributed by atoms with Crippen molar-refractivity contribution in [3.8, 4) is 0 Å². The third-order valence-corrected chi connectivity index (χ3v) is 3.44. The third kappa shape index (κ3) is 2.53. The summed E-state index contributed by atoms with van der Waals surface area (Å²) >= 11 is 6.03. The van der Waals surface area contributed by atoms with Crippen molar-refractivity contribution in [2.75, 3.05) is 13.1 Å². The summed E-state index contributed by atoms with van der Waals surface area (Å²) in [6.07, 6.45) is 3.86. The molecule has 0 saturated carbocycles. The number of halogens is 1. The summed E-state index contributed by atoms with van der Waals surface area (Å²) in [5.41, 5.74) is 1.37. The number of nitrogens with zero attached hydrogens (tertiary/aromatic N) is 1. The Balaban J connectivity index is 2.18. The summed E-state index contributed by atoms with van der Waals surface area (Å²) in [5.74, 6) is 0. The summed E-state index contributed by atoms with van der Waals surface area (Å²) in [6.45, 7) is 4.74. The molecule has 1 fully saturated rings. The molecule has 1 aliphatic heterocycles. The van der Waals surface area contributed by atoms with Crippen LogP contribution in [0.5, 0.6) is 0 Å². The zero-order valence-corrected chi connectivity index (χ0v) is 10.0. The predicted octanol–water partition coefficient (Wildman–Crippen LogP) is 3.89. The Morgan fingerprint density at radius 3 is 2.67 bits per heavy atom. The standard InChI is InChI=1S/C13H18ClN/c1-2-13(15-8-3-4-9-15)11-6-5-7-12(14)10-11/h5-7,10,13H,2-4,8-9H2,1H3. The fourth-order valence-corrected chi connectivity index (χ4v) is 2.67. The molecular weight excluding hydrogens is 206 g/mol. The Morgan fingerprint density at radius 2 is 2.07 bits per heavy atom. The average Bonchev–Trinajstić information content (AvgIpc) is 2.72. The van der Waals surface area contributed by atoms with Crippen LogP contribution in [-0.2, 0) is 0 Å². The predicted molar refractivity (Wildman–Crippen MR) is 65.3 cm³/mol. The highest BCUT2D eigenvalue weighted by Crippen LogP contribution is 2.28. The van der Waals surface area contributed by atoms with Gasteiger partial charge in [-0.05, 0) is 50.0 Å². The lowest BCUT2D eigenvalue weighted by molar-refractivity contribution is 0.239. The van der Waals surface area contributed by atoms with E-state index in [1.54, 1.807) is 0 Å². The molecule has 0 radical (unpaired) electrons. The van der Waals surface area contributed by atoms with E-state index in [4.69, 9.17) is 11.6 Å². The molecule has 1 aromatic rings. The Labute approximate surface area is 97.0 Å². The Bertz CT molecular complexity index is 318. The van der Waals surface area contributed by atoms with Crippen molar-refractivity contribution in [2.45, 2.75) is 32.2 Å². The van der Waals surface area contributed by atoms with Crippen LogP contribution in [-0.4, -0.2) is 18.0 Å². The van der Waals surface area contributed by atoms with Crippen LogP contribution >= 0.6 is 11.6 Å². The zero-order chi connectivity index (χ0) is 10.7. The fraction of sp³-hybridized carbons (Fsp3) is 0.538. The van der Waals surface area contributed by atoms with E-state index in [0.29, 0.717) is 6.04 Å². The quantitative estimate of drug-likeness (QED) is 0.752. The van der Waals surface area contributed by atoms with E-state index in [-0.39, 0.29) is 0 Å². The van der Waals surface area contributed by atoms with Crippen LogP contribution in [0, 0.1) is 0 Å². The second-order valence-electron chi connectivity index (χ2n) is 4.22. The van der Waals surface area contributed by atoms with Crippen LogP contribution in [0.25, 0.3) is 0 Å². The first-order valence-corrected chi connectivity index (χ1v) is 6.18. The monoisotopic (exact) mass is 223 g/mol. The lowest BCUT2D eigenvalue weighted by Crippen LogP contribution is -2.24. The summed E-state index contributed by atoms with van der Waals surface area (Å²) in [7, 11) is 0. The molecule has 0 aromatic heterocycles. The van der Waals surface area contributed by atoms with E-state index >= 15 is 0 Å². The lowest BCUT2D eigenvalue weighted by atomic mass is 10.0. The Hall–Kier alpha value is -0.530. The Kier molecular flexibility index (Phi) is 3.66. The van der Waals surface area contributed by atoms with Gasteiger partial charge in [0, 0.05) is 11.1 Å². The van der Waals surface area contributed by atoms with Gasteiger partial charge in [-0.1, -0.05) is 30.7 Å². The maximum absolute atomic E-state index is 6.03. The van der Waals surface area contributed by atoms with Gasteiger partial charge >= 0.3 is 0 Å². The molecule has 1 aliphatic rings. The first kappa shape index (κ1) is 11.0. The van der Waals surface area contributed by atoms with Gasteiger partial charge in [0.05, 0.1) is 0 Å². The maximum atomic E-state index is 6.03. The van der Waals surface area contributed by atoms with E-state index in [1.165, 1.54) is 37.9 Å². The smallest absolute Gasteiger partial charge is 0.0409 e. The Morgan fingerprint density at radius 1 is 1.33 bits per heavy atom. The molecule has 1 heterocycles. The van der Waals surface area contributed by atoms with Crippen molar-refractivity contribution in [3.05, 3.63) is 34.9 Å². The van der Waals surface area contributed by atoms with Gasteiger partial charge in [0.1, 0.15) is 0 Å². The molecule has 2 rings (SSSR count). The first-order valence-electron chi connectivity index (χ1n) is 5.81. The van der Waals surface area contributed by atoms with Crippen molar-refractivity contribution >= 4 is 11.6 Å². The van der Waals surface area contributed by atoms with Crippen molar-refractivity contribution in [3.63, 3.8) is 0 Å². The first-order chi connectivity index (χ1) is 7.31. The van der Waals surface area contributed by atoms with Crippen molar-refractivity contribution in [1.29, 1.82) is 0 Å². The van der Waals surface area contributed by atoms with E-state index in [1.807, 2.05) is 6.07 Å². The fourth-order valence-electron chi connectivity index (χ4n) is 2.47. The molecule has 0 spiro atoms. The van der Waals surface area contributed by atoms with Crippen LogP contribution in [0.4, 0.5) is 0 Å². The van der Waals surface area contributed by atoms with Crippen LogP contribution < -0.4 is 0 Å². The van der Waals surface area contributed by atoms with Crippen LogP contribution in [0.2, 0.25) is 5.02 Å². The van der Waals surface area contributed by atoms with Gasteiger partial charge < -0.3 is 0 Å². The normalized spacial score (nSPS) is 19.3. The maximum Gasteiger partial charge on any atom is 0.0409 e. The van der Waals surface area contributed by atoms with E-state index < -0.39 is 0 Å². The van der Waals surface area contributed by atoms with Gasteiger partial charge in [0.25, 0.3) is 0 Å². The molecule has 0 aliphatic carbocycles. The molecule has 1 saturated heterocycles. The van der Waals surface area contributed by atoms with Gasteiger partial charge in [-0.25, -0.2) is 0 Å². The molecular formula is C13H18ClN. The van der Waals surface area contributed by atoms with E-state index in [0.717, 1.165) is 5.02 Å². The number of likely N-dealkylation sites (tertiary alicyclic amines) is 1. The van der Waals surface area contributed by atoms with Crippen molar-refractivity contribution in [2.24, 2.45) is 0 Å². The molecule has 1 aromatic carbocycles. The largest absolute Gasteiger partial charge is 0.296 e. The molecule has 0 bridgehead atoms. The molecule has 15 heavy (non-hydrogen) atoms. The van der Waals surface area contributed by atoms with E-state index in [9.17, 15) is 0 Å². The molecule has 0 N–H and O–H groups in total. The summed E-state index contributed by atoms with van der Waals surface area (Å²) in [5, 5.41) is 0.852. The van der Waals surface area contributed by atoms with Crippen molar-refractivity contribution < 1.29 is 0 Å². The van der Waals surface area contributed by atoms with Gasteiger partial charge in [-0.15, -0.1) is 0 Å². The molecule has 2 heteroatoms. The number of hydrogen-bond donors (Lipinski definition) is 0. The number of rotatable bonds is 3. The molecule has 1 atom stereocenters. The lowest BCUT2D eigenvalue weighted by Gasteiger charge is -2.26. The average molecular weight is 224 g/mol. The highest BCUT2D eigenvalue weighted by Gasteiger charge is 2.21. The molecule has 1 unspecified atom stereocenters. The van der Waals surface area contributed by atoms with Gasteiger partial charge in [0.2, 0.25) is 0 Å². The minimum absolute atomic E-state index is 0.561. The highest BCUT2D eigenvalue weighted by molar-refractivity contribution is 6.30. The SMILES string of the molecule is CCC(c1cccc(Cl)c1)N1CCCC1.